The molecule has 1 saturated heterocycles. The van der Waals surface area contributed by atoms with E-state index in [1.807, 2.05) is 24.8 Å². The quantitative estimate of drug-likeness (QED) is 0.754. The molecule has 1 unspecified atom stereocenters. The minimum atomic E-state index is -4.40. The molecular weight excluding hydrogens is 417 g/mol. The Labute approximate surface area is 178 Å². The molecule has 2 heterocycles. The summed E-state index contributed by atoms with van der Waals surface area (Å²) in [7, 11) is 0. The fourth-order valence-electron chi connectivity index (χ4n) is 3.43. The number of alkyl halides is 3. The first-order valence-electron chi connectivity index (χ1n) is 9.74. The number of aryl methyl sites for hydroxylation is 1. The highest BCUT2D eigenvalue weighted by atomic mass is 35.5. The standard InChI is InChI=1S/C21H24ClF3N4O/c1-14-4-6-17(22)12-18(14)27-20(30)15(2)28-8-3-9-29(11-10-28)19-7-5-16(13-26-19)21(23,24)25/h4-7,12-13,15H,3,8-11H2,1-2H3,(H,27,30). The highest BCUT2D eigenvalue weighted by Gasteiger charge is 2.31. The minimum Gasteiger partial charge on any atom is -0.355 e. The monoisotopic (exact) mass is 440 g/mol. The van der Waals surface area contributed by atoms with Crippen LogP contribution in [0.2, 0.25) is 5.02 Å². The summed E-state index contributed by atoms with van der Waals surface area (Å²) in [5.41, 5.74) is 0.851. The molecule has 30 heavy (non-hydrogen) atoms. The molecule has 0 spiro atoms. The smallest absolute Gasteiger partial charge is 0.355 e. The average Bonchev–Trinajstić information content (AvgIpc) is 2.96. The van der Waals surface area contributed by atoms with Crippen LogP contribution in [-0.4, -0.2) is 48.0 Å². The molecule has 0 aliphatic carbocycles. The summed E-state index contributed by atoms with van der Waals surface area (Å²) < 4.78 is 38.2. The van der Waals surface area contributed by atoms with Gasteiger partial charge in [0, 0.05) is 43.1 Å². The molecule has 1 atom stereocenters. The van der Waals surface area contributed by atoms with E-state index in [1.165, 1.54) is 6.07 Å². The molecule has 0 bridgehead atoms. The number of nitrogens with one attached hydrogen (secondary N) is 1. The number of halogens is 4. The molecule has 5 nitrogen and oxygen atoms in total. The Hall–Kier alpha value is -2.32. The van der Waals surface area contributed by atoms with Crippen LogP contribution in [0.1, 0.15) is 24.5 Å². The van der Waals surface area contributed by atoms with Crippen LogP contribution in [0.3, 0.4) is 0 Å². The number of carbonyl (C=O) groups excluding carboxylic acids is 1. The van der Waals surface area contributed by atoms with Crippen molar-refractivity contribution in [1.82, 2.24) is 9.88 Å². The number of rotatable bonds is 4. The fourth-order valence-corrected chi connectivity index (χ4v) is 3.60. The van der Waals surface area contributed by atoms with Gasteiger partial charge in [0.1, 0.15) is 5.82 Å². The van der Waals surface area contributed by atoms with E-state index < -0.39 is 11.7 Å². The summed E-state index contributed by atoms with van der Waals surface area (Å²) >= 11 is 6.02. The number of hydrogen-bond acceptors (Lipinski definition) is 4. The summed E-state index contributed by atoms with van der Waals surface area (Å²) in [6.07, 6.45) is -2.76. The topological polar surface area (TPSA) is 48.5 Å². The summed E-state index contributed by atoms with van der Waals surface area (Å²) in [6, 6.07) is 7.44. The zero-order chi connectivity index (χ0) is 21.9. The van der Waals surface area contributed by atoms with E-state index in [-0.39, 0.29) is 11.9 Å². The van der Waals surface area contributed by atoms with Crippen molar-refractivity contribution in [3.05, 3.63) is 52.7 Å². The van der Waals surface area contributed by atoms with Gasteiger partial charge >= 0.3 is 6.18 Å². The SMILES string of the molecule is Cc1ccc(Cl)cc1NC(=O)C(C)N1CCCN(c2ccc(C(F)(F)F)cn2)CC1. The molecule has 0 radical (unpaired) electrons. The first kappa shape index (κ1) is 22.4. The second-order valence-electron chi connectivity index (χ2n) is 7.40. The van der Waals surface area contributed by atoms with Gasteiger partial charge in [0.2, 0.25) is 5.91 Å². The average molecular weight is 441 g/mol. The van der Waals surface area contributed by atoms with Crippen LogP contribution in [0.15, 0.2) is 36.5 Å². The number of anilines is 2. The summed E-state index contributed by atoms with van der Waals surface area (Å²) in [4.78, 5) is 20.7. The summed E-state index contributed by atoms with van der Waals surface area (Å²) in [5.74, 6) is 0.387. The van der Waals surface area contributed by atoms with Gasteiger partial charge in [-0.25, -0.2) is 4.98 Å². The van der Waals surface area contributed by atoms with Crippen LogP contribution in [-0.2, 0) is 11.0 Å². The van der Waals surface area contributed by atoms with Crippen molar-refractivity contribution in [1.29, 1.82) is 0 Å². The molecule has 9 heteroatoms. The number of benzene rings is 1. The largest absolute Gasteiger partial charge is 0.417 e. The fraction of sp³-hybridized carbons (Fsp3) is 0.429. The van der Waals surface area contributed by atoms with Crippen molar-refractivity contribution in [2.45, 2.75) is 32.5 Å². The molecule has 1 aromatic heterocycles. The normalized spacial score (nSPS) is 16.8. The Morgan fingerprint density at radius 2 is 1.93 bits per heavy atom. The maximum atomic E-state index is 12.7. The van der Waals surface area contributed by atoms with Gasteiger partial charge in [0.05, 0.1) is 11.6 Å². The van der Waals surface area contributed by atoms with Crippen molar-refractivity contribution in [3.8, 4) is 0 Å². The maximum absolute atomic E-state index is 12.7. The van der Waals surface area contributed by atoms with E-state index in [0.717, 1.165) is 24.2 Å². The van der Waals surface area contributed by atoms with Crippen molar-refractivity contribution in [2.75, 3.05) is 36.4 Å². The number of nitrogens with zero attached hydrogens (tertiary/aromatic N) is 3. The zero-order valence-electron chi connectivity index (χ0n) is 16.8. The Balaban J connectivity index is 1.61. The van der Waals surface area contributed by atoms with Gasteiger partial charge in [-0.15, -0.1) is 0 Å². The molecule has 162 valence electrons. The molecule has 2 aromatic rings. The Kier molecular flexibility index (Phi) is 6.88. The number of hydrogen-bond donors (Lipinski definition) is 1. The lowest BCUT2D eigenvalue weighted by atomic mass is 10.2. The van der Waals surface area contributed by atoms with E-state index in [0.29, 0.717) is 42.7 Å². The van der Waals surface area contributed by atoms with E-state index in [2.05, 4.69) is 15.2 Å². The van der Waals surface area contributed by atoms with Gasteiger partial charge in [-0.2, -0.15) is 13.2 Å². The molecule has 1 amide bonds. The van der Waals surface area contributed by atoms with E-state index >= 15 is 0 Å². The lowest BCUT2D eigenvalue weighted by molar-refractivity contribution is -0.137. The summed E-state index contributed by atoms with van der Waals surface area (Å²) in [5, 5.41) is 3.49. The third kappa shape index (κ3) is 5.43. The van der Waals surface area contributed by atoms with Crippen LogP contribution < -0.4 is 10.2 Å². The highest BCUT2D eigenvalue weighted by molar-refractivity contribution is 6.31. The Bertz CT molecular complexity index is 889. The Morgan fingerprint density at radius 3 is 2.60 bits per heavy atom. The van der Waals surface area contributed by atoms with Gasteiger partial charge in [-0.3, -0.25) is 9.69 Å². The molecule has 3 rings (SSSR count). The van der Waals surface area contributed by atoms with E-state index in [1.54, 1.807) is 12.1 Å². The minimum absolute atomic E-state index is 0.124. The lowest BCUT2D eigenvalue weighted by Gasteiger charge is -2.27. The van der Waals surface area contributed by atoms with Crippen molar-refractivity contribution in [2.24, 2.45) is 0 Å². The molecule has 1 aliphatic rings. The predicted octanol–water partition coefficient (Wildman–Crippen LogP) is 4.60. The van der Waals surface area contributed by atoms with Gasteiger partial charge in [-0.1, -0.05) is 17.7 Å². The van der Waals surface area contributed by atoms with Gasteiger partial charge in [-0.05, 0) is 50.1 Å². The van der Waals surface area contributed by atoms with Gasteiger partial charge < -0.3 is 10.2 Å². The van der Waals surface area contributed by atoms with Crippen molar-refractivity contribution < 1.29 is 18.0 Å². The summed E-state index contributed by atoms with van der Waals surface area (Å²) in [6.45, 7) is 6.30. The molecule has 1 aliphatic heterocycles. The second-order valence-corrected chi connectivity index (χ2v) is 7.84. The van der Waals surface area contributed by atoms with Crippen LogP contribution in [0, 0.1) is 6.92 Å². The second kappa shape index (κ2) is 9.22. The number of carbonyl (C=O) groups is 1. The lowest BCUT2D eigenvalue weighted by Crippen LogP contribution is -2.44. The third-order valence-corrected chi connectivity index (χ3v) is 5.55. The molecule has 1 fully saturated rings. The maximum Gasteiger partial charge on any atom is 0.417 e. The highest BCUT2D eigenvalue weighted by Crippen LogP contribution is 2.29. The van der Waals surface area contributed by atoms with Crippen LogP contribution in [0.25, 0.3) is 0 Å². The van der Waals surface area contributed by atoms with E-state index in [9.17, 15) is 18.0 Å². The zero-order valence-corrected chi connectivity index (χ0v) is 17.6. The van der Waals surface area contributed by atoms with E-state index in [4.69, 9.17) is 11.6 Å². The molecule has 1 N–H and O–H groups in total. The van der Waals surface area contributed by atoms with Crippen LogP contribution in [0.4, 0.5) is 24.7 Å². The first-order chi connectivity index (χ1) is 14.1. The van der Waals surface area contributed by atoms with Gasteiger partial charge in [0.25, 0.3) is 0 Å². The van der Waals surface area contributed by atoms with Gasteiger partial charge in [0.15, 0.2) is 0 Å². The number of pyridine rings is 1. The van der Waals surface area contributed by atoms with Crippen molar-refractivity contribution in [3.63, 3.8) is 0 Å². The Morgan fingerprint density at radius 1 is 1.17 bits per heavy atom. The van der Waals surface area contributed by atoms with Crippen LogP contribution in [0.5, 0.6) is 0 Å². The van der Waals surface area contributed by atoms with Crippen molar-refractivity contribution >= 4 is 29.0 Å². The van der Waals surface area contributed by atoms with Crippen LogP contribution >= 0.6 is 11.6 Å². The predicted molar refractivity (Wildman–Crippen MR) is 112 cm³/mol. The number of amides is 1. The number of aromatic nitrogens is 1. The molecular formula is C21H24ClF3N4O. The first-order valence-corrected chi connectivity index (χ1v) is 10.1. The molecule has 1 aromatic carbocycles. The third-order valence-electron chi connectivity index (χ3n) is 5.31. The molecule has 0 saturated carbocycles.